The number of carbonyl (C=O) groups excluding carboxylic acids is 1. The van der Waals surface area contributed by atoms with Crippen molar-refractivity contribution in [1.29, 1.82) is 0 Å². The highest BCUT2D eigenvalue weighted by atomic mass is 32.2. The number of halogens is 3. The van der Waals surface area contributed by atoms with E-state index in [9.17, 15) is 18.0 Å². The maximum Gasteiger partial charge on any atom is 0.446 e. The van der Waals surface area contributed by atoms with Gasteiger partial charge in [0.1, 0.15) is 0 Å². The Morgan fingerprint density at radius 1 is 1.33 bits per heavy atom. The molecule has 2 rings (SSSR count). The third kappa shape index (κ3) is 4.43. The van der Waals surface area contributed by atoms with Crippen LogP contribution >= 0.6 is 11.8 Å². The predicted molar refractivity (Wildman–Crippen MR) is 75.8 cm³/mol. The van der Waals surface area contributed by atoms with Crippen molar-refractivity contribution < 1.29 is 18.0 Å². The summed E-state index contributed by atoms with van der Waals surface area (Å²) < 4.78 is 37.1. The van der Waals surface area contributed by atoms with Crippen molar-refractivity contribution in [2.75, 3.05) is 13.1 Å². The number of hydrogen-bond donors (Lipinski definition) is 0. The van der Waals surface area contributed by atoms with Gasteiger partial charge in [0.15, 0.2) is 0 Å². The highest BCUT2D eigenvalue weighted by Gasteiger charge is 2.30. The Morgan fingerprint density at radius 3 is 2.57 bits per heavy atom. The van der Waals surface area contributed by atoms with Crippen LogP contribution in [-0.2, 0) is 0 Å². The van der Waals surface area contributed by atoms with E-state index in [1.807, 2.05) is 0 Å². The number of nitrogens with zero attached hydrogens (tertiary/aromatic N) is 1. The van der Waals surface area contributed by atoms with Crippen molar-refractivity contribution in [2.24, 2.45) is 5.92 Å². The molecular weight excluding hydrogens is 299 g/mol. The fourth-order valence-electron chi connectivity index (χ4n) is 2.26. The number of benzene rings is 1. The van der Waals surface area contributed by atoms with E-state index in [2.05, 4.69) is 5.92 Å². The smallest absolute Gasteiger partial charge is 0.339 e. The summed E-state index contributed by atoms with van der Waals surface area (Å²) in [5.74, 6) is 2.61. The van der Waals surface area contributed by atoms with Crippen LogP contribution in [0.5, 0.6) is 0 Å². The largest absolute Gasteiger partial charge is 0.446 e. The zero-order valence-electron chi connectivity index (χ0n) is 11.2. The van der Waals surface area contributed by atoms with E-state index < -0.39 is 5.51 Å². The standard InChI is InChI=1S/C15H14F3NOS/c1-2-11-6-8-19(9-7-11)14(20)12-4-3-5-13(10-12)21-15(16,17)18/h1,3-5,10-11H,6-9H2. The molecule has 0 radical (unpaired) electrons. The average molecular weight is 313 g/mol. The van der Waals surface area contributed by atoms with Crippen LogP contribution < -0.4 is 0 Å². The zero-order chi connectivity index (χ0) is 15.5. The molecule has 1 aliphatic heterocycles. The highest BCUT2D eigenvalue weighted by molar-refractivity contribution is 8.00. The predicted octanol–water partition coefficient (Wildman–Crippen LogP) is 3.78. The number of rotatable bonds is 2. The van der Waals surface area contributed by atoms with Crippen LogP contribution in [0.15, 0.2) is 29.2 Å². The van der Waals surface area contributed by atoms with Gasteiger partial charge in [-0.25, -0.2) is 0 Å². The van der Waals surface area contributed by atoms with Gasteiger partial charge in [-0.1, -0.05) is 6.07 Å². The number of hydrogen-bond acceptors (Lipinski definition) is 2. The Balaban J connectivity index is 2.06. The van der Waals surface area contributed by atoms with E-state index in [1.165, 1.54) is 24.3 Å². The highest BCUT2D eigenvalue weighted by Crippen LogP contribution is 2.37. The van der Waals surface area contributed by atoms with Crippen LogP contribution in [0, 0.1) is 18.3 Å². The maximum atomic E-state index is 12.4. The number of piperidine rings is 1. The van der Waals surface area contributed by atoms with Crippen LogP contribution in [0.3, 0.4) is 0 Å². The first kappa shape index (κ1) is 15.8. The lowest BCUT2D eigenvalue weighted by atomic mass is 9.97. The van der Waals surface area contributed by atoms with Crippen molar-refractivity contribution in [3.63, 3.8) is 0 Å². The van der Waals surface area contributed by atoms with Gasteiger partial charge in [0.2, 0.25) is 0 Å². The van der Waals surface area contributed by atoms with E-state index >= 15 is 0 Å². The third-order valence-corrected chi connectivity index (χ3v) is 4.05. The Bertz CT molecular complexity index is 557. The summed E-state index contributed by atoms with van der Waals surface area (Å²) in [5.41, 5.74) is -4.07. The molecule has 0 spiro atoms. The molecule has 21 heavy (non-hydrogen) atoms. The quantitative estimate of drug-likeness (QED) is 0.612. The molecule has 1 aromatic rings. The summed E-state index contributed by atoms with van der Waals surface area (Å²) in [4.78, 5) is 14.0. The molecule has 0 unspecified atom stereocenters. The van der Waals surface area contributed by atoms with Gasteiger partial charge in [0.05, 0.1) is 0 Å². The normalized spacial score (nSPS) is 16.6. The average Bonchev–Trinajstić information content (AvgIpc) is 2.45. The Hall–Kier alpha value is -1.61. The van der Waals surface area contributed by atoms with Crippen LogP contribution in [0.4, 0.5) is 13.2 Å². The number of thioether (sulfide) groups is 1. The zero-order valence-corrected chi connectivity index (χ0v) is 12.0. The Kier molecular flexibility index (Phi) is 4.84. The number of carbonyl (C=O) groups is 1. The van der Waals surface area contributed by atoms with Crippen molar-refractivity contribution >= 4 is 17.7 Å². The van der Waals surface area contributed by atoms with Gasteiger partial charge in [-0.3, -0.25) is 4.79 Å². The second kappa shape index (κ2) is 6.44. The molecule has 112 valence electrons. The molecule has 1 aromatic carbocycles. The molecule has 1 heterocycles. The monoisotopic (exact) mass is 313 g/mol. The van der Waals surface area contributed by atoms with Crippen molar-refractivity contribution in [3.8, 4) is 12.3 Å². The van der Waals surface area contributed by atoms with Crippen LogP contribution in [0.1, 0.15) is 23.2 Å². The number of likely N-dealkylation sites (tertiary alicyclic amines) is 1. The van der Waals surface area contributed by atoms with Crippen LogP contribution in [-0.4, -0.2) is 29.4 Å². The fourth-order valence-corrected chi connectivity index (χ4v) is 2.86. The van der Waals surface area contributed by atoms with Gasteiger partial charge < -0.3 is 4.90 Å². The third-order valence-electron chi connectivity index (χ3n) is 3.33. The van der Waals surface area contributed by atoms with Gasteiger partial charge in [-0.2, -0.15) is 13.2 Å². The molecule has 0 N–H and O–H groups in total. The van der Waals surface area contributed by atoms with Gasteiger partial charge in [-0.15, -0.1) is 12.3 Å². The molecule has 1 saturated heterocycles. The summed E-state index contributed by atoms with van der Waals surface area (Å²) in [5, 5.41) is 0. The summed E-state index contributed by atoms with van der Waals surface area (Å²) in [7, 11) is 0. The van der Waals surface area contributed by atoms with Gasteiger partial charge >= 0.3 is 5.51 Å². The van der Waals surface area contributed by atoms with Gasteiger partial charge in [0, 0.05) is 29.5 Å². The molecular formula is C15H14F3NOS. The maximum absolute atomic E-state index is 12.4. The molecule has 0 aliphatic carbocycles. The van der Waals surface area contributed by atoms with Crippen molar-refractivity contribution in [2.45, 2.75) is 23.2 Å². The molecule has 1 aliphatic rings. The van der Waals surface area contributed by atoms with E-state index in [0.29, 0.717) is 13.1 Å². The van der Waals surface area contributed by atoms with Crippen molar-refractivity contribution in [3.05, 3.63) is 29.8 Å². The summed E-state index contributed by atoms with van der Waals surface area (Å²) in [6, 6.07) is 5.64. The summed E-state index contributed by atoms with van der Waals surface area (Å²) in [6.45, 7) is 1.09. The molecule has 0 bridgehead atoms. The van der Waals surface area contributed by atoms with Gasteiger partial charge in [0.25, 0.3) is 5.91 Å². The van der Waals surface area contributed by atoms with E-state index in [-0.39, 0.29) is 34.0 Å². The van der Waals surface area contributed by atoms with Crippen LogP contribution in [0.25, 0.3) is 0 Å². The summed E-state index contributed by atoms with van der Waals surface area (Å²) in [6.07, 6.45) is 6.82. The minimum atomic E-state index is -4.35. The Morgan fingerprint density at radius 2 is 2.00 bits per heavy atom. The van der Waals surface area contributed by atoms with Gasteiger partial charge in [-0.05, 0) is 42.8 Å². The first-order valence-electron chi connectivity index (χ1n) is 6.50. The lowest BCUT2D eigenvalue weighted by Gasteiger charge is -2.30. The number of terminal acetylenes is 1. The molecule has 2 nitrogen and oxygen atoms in total. The number of alkyl halides is 3. The number of amides is 1. The van der Waals surface area contributed by atoms with Crippen LogP contribution in [0.2, 0.25) is 0 Å². The second-order valence-electron chi connectivity index (χ2n) is 4.81. The topological polar surface area (TPSA) is 20.3 Å². The second-order valence-corrected chi connectivity index (χ2v) is 5.95. The van der Waals surface area contributed by atoms with Crippen molar-refractivity contribution in [1.82, 2.24) is 4.90 Å². The SMILES string of the molecule is C#CC1CCN(C(=O)c2cccc(SC(F)(F)F)c2)CC1. The molecule has 1 amide bonds. The molecule has 0 saturated carbocycles. The molecule has 1 fully saturated rings. The molecule has 0 atom stereocenters. The van der Waals surface area contributed by atoms with E-state index in [0.717, 1.165) is 12.8 Å². The fraction of sp³-hybridized carbons (Fsp3) is 0.400. The summed E-state index contributed by atoms with van der Waals surface area (Å²) >= 11 is -0.214. The van der Waals surface area contributed by atoms with E-state index in [1.54, 1.807) is 4.90 Å². The minimum absolute atomic E-state index is 0.0202. The lowest BCUT2D eigenvalue weighted by molar-refractivity contribution is -0.0328. The minimum Gasteiger partial charge on any atom is -0.339 e. The molecule has 0 aromatic heterocycles. The lowest BCUT2D eigenvalue weighted by Crippen LogP contribution is -2.38. The first-order chi connectivity index (χ1) is 9.89. The Labute approximate surface area is 125 Å². The molecule has 6 heteroatoms. The first-order valence-corrected chi connectivity index (χ1v) is 7.32. The van der Waals surface area contributed by atoms with E-state index in [4.69, 9.17) is 6.42 Å².